The number of hydrogen-bond donors (Lipinski definition) is 2. The van der Waals surface area contributed by atoms with E-state index >= 15 is 0 Å². The lowest BCUT2D eigenvalue weighted by Gasteiger charge is -2.11. The van der Waals surface area contributed by atoms with Gasteiger partial charge in [-0.25, -0.2) is 10.5 Å². The van der Waals surface area contributed by atoms with Crippen molar-refractivity contribution in [3.05, 3.63) is 89.0 Å². The fourth-order valence-electron chi connectivity index (χ4n) is 2.98. The molecule has 0 saturated carbocycles. The number of alkyl halides is 3. The Labute approximate surface area is 163 Å². The number of carbonyl (C=O) groups excluding carboxylic acids is 1. The lowest BCUT2D eigenvalue weighted by Crippen LogP contribution is -2.18. The standard InChI is InChI=1S/C21H13F3N2O3/c22-21(23,24)14-9-10-16-18(11-14)29-17-4-2-1-3-15(17)19(25-16)12-5-7-13(8-6-12)20(27)26-28/h1-11,28H,(H,26,27). The number of aliphatic imine (C=N–C) groups is 1. The molecule has 0 aliphatic carbocycles. The minimum atomic E-state index is -4.50. The third-order valence-electron chi connectivity index (χ3n) is 4.40. The Kier molecular flexibility index (Phi) is 4.56. The van der Waals surface area contributed by atoms with E-state index in [0.717, 1.165) is 12.1 Å². The van der Waals surface area contributed by atoms with Gasteiger partial charge in [-0.15, -0.1) is 0 Å². The summed E-state index contributed by atoms with van der Waals surface area (Å²) in [7, 11) is 0. The van der Waals surface area contributed by atoms with Crippen molar-refractivity contribution in [1.82, 2.24) is 5.48 Å². The molecule has 0 saturated heterocycles. The molecule has 1 aliphatic heterocycles. The van der Waals surface area contributed by atoms with Crippen molar-refractivity contribution in [3.63, 3.8) is 0 Å². The maximum Gasteiger partial charge on any atom is 0.416 e. The van der Waals surface area contributed by atoms with Crippen molar-refractivity contribution in [3.8, 4) is 11.5 Å². The quantitative estimate of drug-likeness (QED) is 0.365. The van der Waals surface area contributed by atoms with E-state index < -0.39 is 17.6 Å². The SMILES string of the molecule is O=C(NO)c1ccc(C2=Nc3ccc(C(F)(F)F)cc3Oc3ccccc32)cc1. The molecule has 0 atom stereocenters. The molecule has 2 N–H and O–H groups in total. The molecule has 5 nitrogen and oxygen atoms in total. The van der Waals surface area contributed by atoms with Crippen molar-refractivity contribution in [2.24, 2.45) is 4.99 Å². The highest BCUT2D eigenvalue weighted by Crippen LogP contribution is 2.42. The fourth-order valence-corrected chi connectivity index (χ4v) is 2.98. The van der Waals surface area contributed by atoms with Crippen LogP contribution in [0, 0.1) is 0 Å². The summed E-state index contributed by atoms with van der Waals surface area (Å²) >= 11 is 0. The second kappa shape index (κ2) is 7.06. The molecule has 3 aromatic carbocycles. The van der Waals surface area contributed by atoms with E-state index in [2.05, 4.69) is 4.99 Å². The molecule has 0 unspecified atom stereocenters. The zero-order valence-electron chi connectivity index (χ0n) is 14.7. The molecule has 0 radical (unpaired) electrons. The van der Waals surface area contributed by atoms with Gasteiger partial charge in [-0.2, -0.15) is 13.2 Å². The molecule has 0 aromatic heterocycles. The number of ether oxygens (including phenoxy) is 1. The highest BCUT2D eigenvalue weighted by atomic mass is 19.4. The Morgan fingerprint density at radius 1 is 0.966 bits per heavy atom. The number of fused-ring (bicyclic) bond motifs is 2. The van der Waals surface area contributed by atoms with E-state index in [-0.39, 0.29) is 17.0 Å². The minimum Gasteiger partial charge on any atom is -0.454 e. The normalized spacial score (nSPS) is 12.8. The average Bonchev–Trinajstić information content (AvgIpc) is 2.88. The van der Waals surface area contributed by atoms with Gasteiger partial charge in [0, 0.05) is 16.7 Å². The topological polar surface area (TPSA) is 70.9 Å². The number of nitrogens with one attached hydrogen (secondary N) is 1. The van der Waals surface area contributed by atoms with E-state index in [1.165, 1.54) is 18.2 Å². The van der Waals surface area contributed by atoms with Gasteiger partial charge in [0.1, 0.15) is 11.4 Å². The Hall–Kier alpha value is -3.65. The number of hydroxylamine groups is 1. The van der Waals surface area contributed by atoms with Gasteiger partial charge in [-0.1, -0.05) is 24.3 Å². The molecule has 3 aromatic rings. The summed E-state index contributed by atoms with van der Waals surface area (Å²) in [5.74, 6) is -0.298. The number of amides is 1. The van der Waals surface area contributed by atoms with Crippen molar-refractivity contribution < 1.29 is 27.9 Å². The fraction of sp³-hybridized carbons (Fsp3) is 0.0476. The van der Waals surface area contributed by atoms with Crippen LogP contribution in [-0.2, 0) is 6.18 Å². The van der Waals surface area contributed by atoms with Crippen molar-refractivity contribution >= 4 is 17.3 Å². The zero-order valence-corrected chi connectivity index (χ0v) is 14.7. The molecule has 29 heavy (non-hydrogen) atoms. The lowest BCUT2D eigenvalue weighted by atomic mass is 10.00. The van der Waals surface area contributed by atoms with Gasteiger partial charge in [0.15, 0.2) is 5.75 Å². The molecule has 0 bridgehead atoms. The smallest absolute Gasteiger partial charge is 0.416 e. The van der Waals surface area contributed by atoms with Crippen LogP contribution in [0.2, 0.25) is 0 Å². The highest BCUT2D eigenvalue weighted by molar-refractivity contribution is 6.16. The van der Waals surface area contributed by atoms with Gasteiger partial charge < -0.3 is 4.74 Å². The third kappa shape index (κ3) is 3.57. The van der Waals surface area contributed by atoms with Crippen LogP contribution < -0.4 is 10.2 Å². The Morgan fingerprint density at radius 3 is 2.38 bits per heavy atom. The molecule has 146 valence electrons. The molecule has 1 aliphatic rings. The zero-order chi connectivity index (χ0) is 20.6. The maximum absolute atomic E-state index is 13.1. The first-order valence-corrected chi connectivity index (χ1v) is 8.49. The number of carbonyl (C=O) groups is 1. The Balaban J connectivity index is 1.86. The van der Waals surface area contributed by atoms with E-state index in [4.69, 9.17) is 9.94 Å². The van der Waals surface area contributed by atoms with E-state index in [0.29, 0.717) is 22.6 Å². The van der Waals surface area contributed by atoms with Crippen LogP contribution in [-0.4, -0.2) is 16.8 Å². The van der Waals surface area contributed by atoms with Crippen molar-refractivity contribution in [2.75, 3.05) is 0 Å². The summed E-state index contributed by atoms with van der Waals surface area (Å²) in [5.41, 5.74) is 2.92. The van der Waals surface area contributed by atoms with Crippen LogP contribution in [0.5, 0.6) is 11.5 Å². The van der Waals surface area contributed by atoms with Crippen LogP contribution in [0.1, 0.15) is 27.0 Å². The molecule has 8 heteroatoms. The van der Waals surface area contributed by atoms with Gasteiger partial charge in [0.25, 0.3) is 5.91 Å². The second-order valence-corrected chi connectivity index (χ2v) is 6.26. The number of rotatable bonds is 2. The van der Waals surface area contributed by atoms with Gasteiger partial charge >= 0.3 is 6.18 Å². The molecular formula is C21H13F3N2O3. The van der Waals surface area contributed by atoms with Gasteiger partial charge in [0.2, 0.25) is 0 Å². The third-order valence-corrected chi connectivity index (χ3v) is 4.40. The number of benzene rings is 3. The van der Waals surface area contributed by atoms with Crippen molar-refractivity contribution in [2.45, 2.75) is 6.18 Å². The van der Waals surface area contributed by atoms with Crippen molar-refractivity contribution in [1.29, 1.82) is 0 Å². The number of nitrogens with zero attached hydrogens (tertiary/aromatic N) is 1. The molecule has 0 fully saturated rings. The summed E-state index contributed by atoms with van der Waals surface area (Å²) < 4.78 is 45.0. The van der Waals surface area contributed by atoms with Crippen LogP contribution in [0.25, 0.3) is 0 Å². The van der Waals surface area contributed by atoms with Gasteiger partial charge in [-0.3, -0.25) is 10.0 Å². The summed E-state index contributed by atoms with van der Waals surface area (Å²) in [6.45, 7) is 0. The van der Waals surface area contributed by atoms with E-state index in [1.54, 1.807) is 41.9 Å². The molecule has 1 heterocycles. The number of para-hydroxylation sites is 1. The Bertz CT molecular complexity index is 1120. The van der Waals surface area contributed by atoms with Gasteiger partial charge in [0.05, 0.1) is 11.3 Å². The van der Waals surface area contributed by atoms with Crippen LogP contribution in [0.4, 0.5) is 18.9 Å². The lowest BCUT2D eigenvalue weighted by molar-refractivity contribution is -0.137. The van der Waals surface area contributed by atoms with Crippen LogP contribution in [0.3, 0.4) is 0 Å². The van der Waals surface area contributed by atoms with Crippen LogP contribution >= 0.6 is 0 Å². The summed E-state index contributed by atoms with van der Waals surface area (Å²) in [5, 5.41) is 8.74. The predicted octanol–water partition coefficient (Wildman–Crippen LogP) is 5.10. The number of halogens is 3. The average molecular weight is 398 g/mol. The maximum atomic E-state index is 13.1. The Morgan fingerprint density at radius 2 is 1.69 bits per heavy atom. The molecular weight excluding hydrogens is 385 g/mol. The second-order valence-electron chi connectivity index (χ2n) is 6.26. The molecule has 0 spiro atoms. The summed E-state index contributed by atoms with van der Waals surface area (Å²) in [6, 6.07) is 16.3. The first kappa shape index (κ1) is 18.7. The van der Waals surface area contributed by atoms with E-state index in [1.807, 2.05) is 0 Å². The molecule has 4 rings (SSSR count). The van der Waals surface area contributed by atoms with Crippen LogP contribution in [0.15, 0.2) is 71.7 Å². The summed E-state index contributed by atoms with van der Waals surface area (Å²) in [4.78, 5) is 16.1. The largest absolute Gasteiger partial charge is 0.454 e. The molecule has 1 amide bonds. The van der Waals surface area contributed by atoms with Gasteiger partial charge in [-0.05, 0) is 42.5 Å². The highest BCUT2D eigenvalue weighted by Gasteiger charge is 2.32. The summed E-state index contributed by atoms with van der Waals surface area (Å²) in [6.07, 6.45) is -4.50. The minimum absolute atomic E-state index is 0.00134. The number of hydrogen-bond acceptors (Lipinski definition) is 4. The first-order valence-electron chi connectivity index (χ1n) is 8.49. The first-order chi connectivity index (χ1) is 13.9. The monoisotopic (exact) mass is 398 g/mol. The predicted molar refractivity (Wildman–Crippen MR) is 99.0 cm³/mol. The van der Waals surface area contributed by atoms with E-state index in [9.17, 15) is 18.0 Å².